The summed E-state index contributed by atoms with van der Waals surface area (Å²) in [6.07, 6.45) is 5.19. The van der Waals surface area contributed by atoms with Crippen molar-refractivity contribution < 1.29 is 0 Å². The second-order valence-electron chi connectivity index (χ2n) is 4.22. The van der Waals surface area contributed by atoms with Crippen molar-refractivity contribution in [1.29, 1.82) is 0 Å². The maximum Gasteiger partial charge on any atom is 0.0589 e. The second-order valence-corrected chi connectivity index (χ2v) is 4.66. The zero-order chi connectivity index (χ0) is 13.0. The number of nitrogens with two attached hydrogens (primary N) is 1. The molecule has 18 heavy (non-hydrogen) atoms. The third-order valence-electron chi connectivity index (χ3n) is 2.85. The molecule has 94 valence electrons. The predicted molar refractivity (Wildman–Crippen MR) is 73.5 cm³/mol. The summed E-state index contributed by atoms with van der Waals surface area (Å²) < 4.78 is 0. The summed E-state index contributed by atoms with van der Waals surface area (Å²) >= 11 is 5.79. The van der Waals surface area contributed by atoms with Gasteiger partial charge in [0.2, 0.25) is 0 Å². The Labute approximate surface area is 112 Å². The molecule has 4 heteroatoms. The van der Waals surface area contributed by atoms with Gasteiger partial charge in [-0.15, -0.1) is 0 Å². The highest BCUT2D eigenvalue weighted by atomic mass is 35.5. The van der Waals surface area contributed by atoms with Crippen molar-refractivity contribution in [2.45, 2.75) is 25.8 Å². The van der Waals surface area contributed by atoms with Crippen LogP contribution in [0.1, 0.15) is 29.9 Å². The van der Waals surface area contributed by atoms with Crippen LogP contribution in [0.25, 0.3) is 0 Å². The van der Waals surface area contributed by atoms with Gasteiger partial charge in [-0.3, -0.25) is 9.97 Å². The van der Waals surface area contributed by atoms with Gasteiger partial charge in [-0.05, 0) is 30.2 Å². The molecule has 0 spiro atoms. The fourth-order valence-electron chi connectivity index (χ4n) is 1.72. The van der Waals surface area contributed by atoms with E-state index in [0.717, 1.165) is 17.8 Å². The number of hydrogen-bond donors (Lipinski definition) is 1. The summed E-state index contributed by atoms with van der Waals surface area (Å²) in [5.41, 5.74) is 9.15. The summed E-state index contributed by atoms with van der Waals surface area (Å²) in [5, 5.41) is 0.622. The van der Waals surface area contributed by atoms with E-state index in [9.17, 15) is 0 Å². The zero-order valence-electron chi connectivity index (χ0n) is 10.3. The van der Waals surface area contributed by atoms with Gasteiger partial charge >= 0.3 is 0 Å². The van der Waals surface area contributed by atoms with Crippen molar-refractivity contribution in [2.75, 3.05) is 0 Å². The first kappa shape index (κ1) is 13.0. The molecule has 3 nitrogen and oxygen atoms in total. The molecule has 2 aromatic rings. The standard InChI is InChI=1S/C14H16ClN3/c1-2-10-3-5-12(17-8-10)7-13(16)14-6-4-11(15)9-18-14/h3-6,8-9,13H,2,7,16H2,1H3. The molecule has 0 saturated carbocycles. The average Bonchev–Trinajstić information content (AvgIpc) is 2.40. The van der Waals surface area contributed by atoms with Gasteiger partial charge in [0.25, 0.3) is 0 Å². The number of halogens is 1. The molecule has 0 amide bonds. The lowest BCUT2D eigenvalue weighted by Gasteiger charge is -2.10. The van der Waals surface area contributed by atoms with Crippen LogP contribution in [0.15, 0.2) is 36.7 Å². The maximum absolute atomic E-state index is 6.10. The van der Waals surface area contributed by atoms with E-state index >= 15 is 0 Å². The molecule has 1 atom stereocenters. The van der Waals surface area contributed by atoms with Crippen LogP contribution in [0, 0.1) is 0 Å². The first-order valence-corrected chi connectivity index (χ1v) is 6.37. The van der Waals surface area contributed by atoms with E-state index in [0.29, 0.717) is 11.4 Å². The molecule has 0 radical (unpaired) electrons. The molecule has 1 unspecified atom stereocenters. The lowest BCUT2D eigenvalue weighted by molar-refractivity contribution is 0.683. The Hall–Kier alpha value is -1.45. The Bertz CT molecular complexity index is 493. The summed E-state index contributed by atoms with van der Waals surface area (Å²) in [4.78, 5) is 8.62. The van der Waals surface area contributed by atoms with Crippen molar-refractivity contribution >= 4 is 11.6 Å². The summed E-state index contributed by atoms with van der Waals surface area (Å²) in [6.45, 7) is 2.11. The summed E-state index contributed by atoms with van der Waals surface area (Å²) in [6, 6.07) is 7.62. The lowest BCUT2D eigenvalue weighted by atomic mass is 10.1. The molecule has 0 fully saturated rings. The molecular weight excluding hydrogens is 246 g/mol. The Kier molecular flexibility index (Phi) is 4.28. The molecule has 0 aliphatic rings. The number of nitrogens with zero attached hydrogens (tertiary/aromatic N) is 2. The molecule has 0 bridgehead atoms. The number of pyridine rings is 2. The van der Waals surface area contributed by atoms with Gasteiger partial charge in [0, 0.05) is 24.5 Å². The smallest absolute Gasteiger partial charge is 0.0589 e. The second kappa shape index (κ2) is 5.94. The van der Waals surface area contributed by atoms with E-state index < -0.39 is 0 Å². The number of rotatable bonds is 4. The zero-order valence-corrected chi connectivity index (χ0v) is 11.1. The Morgan fingerprint density at radius 3 is 2.56 bits per heavy atom. The first-order chi connectivity index (χ1) is 8.69. The Morgan fingerprint density at radius 1 is 1.17 bits per heavy atom. The SMILES string of the molecule is CCc1ccc(CC(N)c2ccc(Cl)cn2)nc1. The Morgan fingerprint density at radius 2 is 2.00 bits per heavy atom. The number of hydrogen-bond acceptors (Lipinski definition) is 3. The van der Waals surface area contributed by atoms with Crippen LogP contribution in [0.2, 0.25) is 5.02 Å². The van der Waals surface area contributed by atoms with Gasteiger partial charge in [0.05, 0.1) is 16.8 Å². The molecule has 2 rings (SSSR count). The minimum Gasteiger partial charge on any atom is -0.322 e. The average molecular weight is 262 g/mol. The molecule has 0 aliphatic carbocycles. The Balaban J connectivity index is 2.05. The van der Waals surface area contributed by atoms with E-state index in [1.165, 1.54) is 5.56 Å². The van der Waals surface area contributed by atoms with Crippen LogP contribution < -0.4 is 5.73 Å². The van der Waals surface area contributed by atoms with Gasteiger partial charge < -0.3 is 5.73 Å². The number of aryl methyl sites for hydroxylation is 1. The number of aromatic nitrogens is 2. The molecular formula is C14H16ClN3. The highest BCUT2D eigenvalue weighted by molar-refractivity contribution is 6.30. The van der Waals surface area contributed by atoms with Crippen LogP contribution in [-0.2, 0) is 12.8 Å². The molecule has 2 N–H and O–H groups in total. The van der Waals surface area contributed by atoms with Crippen LogP contribution in [0.5, 0.6) is 0 Å². The van der Waals surface area contributed by atoms with Gasteiger partial charge in [0.15, 0.2) is 0 Å². The normalized spacial score (nSPS) is 12.4. The highest BCUT2D eigenvalue weighted by Crippen LogP contribution is 2.15. The highest BCUT2D eigenvalue weighted by Gasteiger charge is 2.09. The van der Waals surface area contributed by atoms with Crippen LogP contribution in [0.3, 0.4) is 0 Å². The van der Waals surface area contributed by atoms with Crippen molar-refractivity contribution in [3.8, 4) is 0 Å². The quantitative estimate of drug-likeness (QED) is 0.921. The largest absolute Gasteiger partial charge is 0.322 e. The van der Waals surface area contributed by atoms with Crippen molar-refractivity contribution in [3.63, 3.8) is 0 Å². The molecule has 0 aromatic carbocycles. The van der Waals surface area contributed by atoms with Crippen LogP contribution >= 0.6 is 11.6 Å². The van der Waals surface area contributed by atoms with Gasteiger partial charge in [-0.2, -0.15) is 0 Å². The van der Waals surface area contributed by atoms with Crippen molar-refractivity contribution in [1.82, 2.24) is 9.97 Å². The van der Waals surface area contributed by atoms with Crippen LogP contribution in [0.4, 0.5) is 0 Å². The van der Waals surface area contributed by atoms with E-state index in [-0.39, 0.29) is 6.04 Å². The third-order valence-corrected chi connectivity index (χ3v) is 3.08. The van der Waals surface area contributed by atoms with E-state index in [1.807, 2.05) is 18.3 Å². The first-order valence-electron chi connectivity index (χ1n) is 6.00. The molecule has 0 saturated heterocycles. The fraction of sp³-hybridized carbons (Fsp3) is 0.286. The monoisotopic (exact) mass is 261 g/mol. The minimum absolute atomic E-state index is 0.151. The van der Waals surface area contributed by atoms with E-state index in [2.05, 4.69) is 23.0 Å². The minimum atomic E-state index is -0.151. The molecule has 0 aliphatic heterocycles. The lowest BCUT2D eigenvalue weighted by Crippen LogP contribution is -2.15. The topological polar surface area (TPSA) is 51.8 Å². The van der Waals surface area contributed by atoms with Gasteiger partial charge in [-0.1, -0.05) is 24.6 Å². The van der Waals surface area contributed by atoms with Gasteiger partial charge in [-0.25, -0.2) is 0 Å². The summed E-state index contributed by atoms with van der Waals surface area (Å²) in [7, 11) is 0. The predicted octanol–water partition coefficient (Wildman–Crippen LogP) is 2.93. The third kappa shape index (κ3) is 3.28. The molecule has 2 heterocycles. The fourth-order valence-corrected chi connectivity index (χ4v) is 1.83. The van der Waals surface area contributed by atoms with Crippen LogP contribution in [-0.4, -0.2) is 9.97 Å². The van der Waals surface area contributed by atoms with Gasteiger partial charge in [0.1, 0.15) is 0 Å². The van der Waals surface area contributed by atoms with E-state index in [1.54, 1.807) is 12.3 Å². The molecule has 2 aromatic heterocycles. The summed E-state index contributed by atoms with van der Waals surface area (Å²) in [5.74, 6) is 0. The van der Waals surface area contributed by atoms with Crippen molar-refractivity contribution in [2.24, 2.45) is 5.73 Å². The van der Waals surface area contributed by atoms with Crippen molar-refractivity contribution in [3.05, 3.63) is 58.6 Å². The van der Waals surface area contributed by atoms with E-state index in [4.69, 9.17) is 17.3 Å². The maximum atomic E-state index is 6.10.